The van der Waals surface area contributed by atoms with Crippen molar-refractivity contribution in [1.29, 1.82) is 0 Å². The molecule has 0 fully saturated rings. The van der Waals surface area contributed by atoms with E-state index in [4.69, 9.17) is 23.2 Å². The molecular weight excluding hydrogens is 521 g/mol. The van der Waals surface area contributed by atoms with E-state index in [9.17, 15) is 18.0 Å². The van der Waals surface area contributed by atoms with Crippen LogP contribution in [0.3, 0.4) is 0 Å². The van der Waals surface area contributed by atoms with Gasteiger partial charge in [-0.1, -0.05) is 71.2 Å². The third kappa shape index (κ3) is 6.37. The van der Waals surface area contributed by atoms with Gasteiger partial charge in [0, 0.05) is 18.6 Å². The summed E-state index contributed by atoms with van der Waals surface area (Å²) >= 11 is 12.6. The van der Waals surface area contributed by atoms with Gasteiger partial charge in [0.2, 0.25) is 11.8 Å². The first-order valence-electron chi connectivity index (χ1n) is 11.1. The van der Waals surface area contributed by atoms with Crippen LogP contribution >= 0.6 is 23.2 Å². The van der Waals surface area contributed by atoms with E-state index in [0.29, 0.717) is 0 Å². The topological polar surface area (TPSA) is 86.8 Å². The van der Waals surface area contributed by atoms with Gasteiger partial charge in [-0.2, -0.15) is 0 Å². The number of hydrogen-bond acceptors (Lipinski definition) is 4. The van der Waals surface area contributed by atoms with Gasteiger partial charge >= 0.3 is 0 Å². The first kappa shape index (κ1) is 27.5. The molecule has 3 aromatic carbocycles. The van der Waals surface area contributed by atoms with Gasteiger partial charge in [-0.15, -0.1) is 0 Å². The lowest BCUT2D eigenvalue weighted by atomic mass is 10.1. The molecule has 36 heavy (non-hydrogen) atoms. The van der Waals surface area contributed by atoms with Crippen LogP contribution in [-0.4, -0.2) is 44.8 Å². The maximum Gasteiger partial charge on any atom is 0.264 e. The average molecular weight is 548 g/mol. The van der Waals surface area contributed by atoms with E-state index in [1.54, 1.807) is 19.1 Å². The van der Waals surface area contributed by atoms with Crippen molar-refractivity contribution in [1.82, 2.24) is 10.2 Å². The Labute approximate surface area is 221 Å². The molecule has 10 heteroatoms. The summed E-state index contributed by atoms with van der Waals surface area (Å²) in [6.45, 7) is 2.94. The zero-order chi connectivity index (χ0) is 26.5. The molecule has 0 heterocycles. The molecule has 0 saturated heterocycles. The van der Waals surface area contributed by atoms with Gasteiger partial charge in [0.1, 0.15) is 12.6 Å². The van der Waals surface area contributed by atoms with Crippen molar-refractivity contribution in [2.45, 2.75) is 31.3 Å². The minimum absolute atomic E-state index is 0.00842. The summed E-state index contributed by atoms with van der Waals surface area (Å²) in [4.78, 5) is 27.5. The summed E-state index contributed by atoms with van der Waals surface area (Å²) in [7, 11) is -2.74. The number of benzene rings is 3. The van der Waals surface area contributed by atoms with Crippen LogP contribution in [0.15, 0.2) is 77.7 Å². The molecule has 0 saturated carbocycles. The van der Waals surface area contributed by atoms with Crippen molar-refractivity contribution in [2.24, 2.45) is 0 Å². The second-order valence-corrected chi connectivity index (χ2v) is 10.9. The molecule has 0 aliphatic carbocycles. The van der Waals surface area contributed by atoms with Crippen LogP contribution < -0.4 is 9.62 Å². The van der Waals surface area contributed by atoms with Gasteiger partial charge in [-0.05, 0) is 49.7 Å². The molecule has 7 nitrogen and oxygen atoms in total. The Morgan fingerprint density at radius 3 is 2.22 bits per heavy atom. The quantitative estimate of drug-likeness (QED) is 0.422. The van der Waals surface area contributed by atoms with Crippen molar-refractivity contribution in [3.05, 3.63) is 94.0 Å². The molecule has 0 aliphatic heterocycles. The van der Waals surface area contributed by atoms with Crippen molar-refractivity contribution in [3.63, 3.8) is 0 Å². The number of likely N-dealkylation sites (N-methyl/N-ethyl adjacent to an activating group) is 1. The van der Waals surface area contributed by atoms with Crippen LogP contribution in [0, 0.1) is 6.92 Å². The Hall–Kier alpha value is -3.07. The number of aryl methyl sites for hydroxylation is 1. The van der Waals surface area contributed by atoms with E-state index in [1.165, 1.54) is 42.3 Å². The molecule has 1 N–H and O–H groups in total. The number of rotatable bonds is 9. The Kier molecular flexibility index (Phi) is 9.00. The van der Waals surface area contributed by atoms with E-state index in [0.717, 1.165) is 15.4 Å². The van der Waals surface area contributed by atoms with E-state index in [1.807, 2.05) is 37.3 Å². The minimum atomic E-state index is -4.22. The maximum absolute atomic E-state index is 13.8. The largest absolute Gasteiger partial charge is 0.357 e. The summed E-state index contributed by atoms with van der Waals surface area (Å²) in [5.74, 6) is -0.963. The zero-order valence-corrected chi connectivity index (χ0v) is 22.4. The van der Waals surface area contributed by atoms with Crippen molar-refractivity contribution in [2.75, 3.05) is 17.9 Å². The van der Waals surface area contributed by atoms with E-state index in [2.05, 4.69) is 5.32 Å². The molecule has 0 spiro atoms. The molecule has 0 unspecified atom stereocenters. The standard InChI is InChI=1S/C26H27Cl2N3O4S/c1-18-9-12-22(13-10-18)36(34,35)31(24-15-21(27)11-14-23(24)28)17-25(32)30(19(2)26(33)29-3)16-20-7-5-4-6-8-20/h4-15,19H,16-17H2,1-3H3,(H,29,33)/t19-/m1/s1. The van der Waals surface area contributed by atoms with Gasteiger partial charge in [0.25, 0.3) is 10.0 Å². The number of halogens is 2. The second-order valence-electron chi connectivity index (χ2n) is 8.22. The highest BCUT2D eigenvalue weighted by atomic mass is 35.5. The number of carbonyl (C=O) groups excluding carboxylic acids is 2. The van der Waals surface area contributed by atoms with Crippen LogP contribution in [0.2, 0.25) is 10.0 Å². The van der Waals surface area contributed by atoms with Gasteiger partial charge in [0.15, 0.2) is 0 Å². The summed E-state index contributed by atoms with van der Waals surface area (Å²) in [6.07, 6.45) is 0. The SMILES string of the molecule is CNC(=O)[C@@H](C)N(Cc1ccccc1)C(=O)CN(c1cc(Cl)ccc1Cl)S(=O)(=O)c1ccc(C)cc1. The number of anilines is 1. The number of hydrogen-bond donors (Lipinski definition) is 1. The first-order valence-corrected chi connectivity index (χ1v) is 13.3. The fraction of sp³-hybridized carbons (Fsp3) is 0.231. The van der Waals surface area contributed by atoms with Crippen LogP contribution in [0.4, 0.5) is 5.69 Å². The molecule has 1 atom stereocenters. The van der Waals surface area contributed by atoms with Gasteiger partial charge < -0.3 is 10.2 Å². The highest BCUT2D eigenvalue weighted by Crippen LogP contribution is 2.33. The highest BCUT2D eigenvalue weighted by Gasteiger charge is 2.33. The lowest BCUT2D eigenvalue weighted by Gasteiger charge is -2.32. The number of sulfonamides is 1. The predicted molar refractivity (Wildman–Crippen MR) is 143 cm³/mol. The second kappa shape index (κ2) is 11.8. The van der Waals surface area contributed by atoms with Crippen LogP contribution in [0.25, 0.3) is 0 Å². The molecular formula is C26H27Cl2N3O4S. The van der Waals surface area contributed by atoms with Gasteiger partial charge in [-0.25, -0.2) is 8.42 Å². The molecule has 3 aromatic rings. The fourth-order valence-corrected chi connectivity index (χ4v) is 5.46. The molecule has 3 rings (SSSR count). The molecule has 190 valence electrons. The van der Waals surface area contributed by atoms with Crippen molar-refractivity contribution < 1.29 is 18.0 Å². The number of nitrogens with zero attached hydrogens (tertiary/aromatic N) is 2. The summed E-state index contributed by atoms with van der Waals surface area (Å²) in [6, 6.07) is 18.9. The van der Waals surface area contributed by atoms with E-state index in [-0.39, 0.29) is 33.1 Å². The van der Waals surface area contributed by atoms with Gasteiger partial charge in [0.05, 0.1) is 15.6 Å². The lowest BCUT2D eigenvalue weighted by molar-refractivity contribution is -0.139. The third-order valence-electron chi connectivity index (χ3n) is 5.67. The average Bonchev–Trinajstić information content (AvgIpc) is 2.87. The number of nitrogens with one attached hydrogen (secondary N) is 1. The fourth-order valence-electron chi connectivity index (χ4n) is 3.60. The summed E-state index contributed by atoms with van der Waals surface area (Å²) in [5, 5.41) is 2.91. The minimum Gasteiger partial charge on any atom is -0.357 e. The van der Waals surface area contributed by atoms with Crippen LogP contribution in [0.5, 0.6) is 0 Å². The van der Waals surface area contributed by atoms with Crippen LogP contribution in [-0.2, 0) is 26.2 Å². The van der Waals surface area contributed by atoms with E-state index >= 15 is 0 Å². The first-order chi connectivity index (χ1) is 17.0. The Morgan fingerprint density at radius 1 is 0.972 bits per heavy atom. The highest BCUT2D eigenvalue weighted by molar-refractivity contribution is 7.92. The zero-order valence-electron chi connectivity index (χ0n) is 20.1. The summed E-state index contributed by atoms with van der Waals surface area (Å²) < 4.78 is 28.4. The smallest absolute Gasteiger partial charge is 0.264 e. The van der Waals surface area contributed by atoms with Crippen molar-refractivity contribution >= 4 is 50.7 Å². The predicted octanol–water partition coefficient (Wildman–Crippen LogP) is 4.66. The Balaban J connectivity index is 2.07. The normalized spacial score (nSPS) is 12.0. The van der Waals surface area contributed by atoms with Crippen molar-refractivity contribution in [3.8, 4) is 0 Å². The van der Waals surface area contributed by atoms with Gasteiger partial charge in [-0.3, -0.25) is 13.9 Å². The monoisotopic (exact) mass is 547 g/mol. The third-order valence-corrected chi connectivity index (χ3v) is 8.00. The Bertz CT molecular complexity index is 1330. The molecule has 0 aliphatic rings. The summed E-state index contributed by atoms with van der Waals surface area (Å²) in [5.41, 5.74) is 1.73. The molecule has 0 aromatic heterocycles. The van der Waals surface area contributed by atoms with E-state index < -0.39 is 28.5 Å². The van der Waals surface area contributed by atoms with Crippen LogP contribution in [0.1, 0.15) is 18.1 Å². The maximum atomic E-state index is 13.8. The molecule has 2 amide bonds. The lowest BCUT2D eigenvalue weighted by Crippen LogP contribution is -2.50. The number of amides is 2. The Morgan fingerprint density at radius 2 is 1.61 bits per heavy atom. The number of carbonyl (C=O) groups is 2. The molecule has 0 radical (unpaired) electrons. The molecule has 0 bridgehead atoms.